The molecule has 1 heterocycles. The zero-order chi connectivity index (χ0) is 16.2. The second kappa shape index (κ2) is 6.69. The first kappa shape index (κ1) is 15.3. The van der Waals surface area contributed by atoms with Gasteiger partial charge >= 0.3 is 5.97 Å². The lowest BCUT2D eigenvalue weighted by molar-refractivity contribution is -0.137. The number of nitrogens with zero attached hydrogens (tertiary/aromatic N) is 1. The van der Waals surface area contributed by atoms with Gasteiger partial charge in [0.1, 0.15) is 0 Å². The average Bonchev–Trinajstić information content (AvgIpc) is 2.91. The van der Waals surface area contributed by atoms with Crippen molar-refractivity contribution in [1.82, 2.24) is 4.57 Å². The van der Waals surface area contributed by atoms with Gasteiger partial charge in [-0.1, -0.05) is 37.8 Å². The third-order valence-corrected chi connectivity index (χ3v) is 4.18. The van der Waals surface area contributed by atoms with E-state index in [4.69, 9.17) is 4.74 Å². The number of para-hydroxylation sites is 1. The Morgan fingerprint density at radius 2 is 1.96 bits per heavy atom. The first-order valence-corrected chi connectivity index (χ1v) is 8.03. The summed E-state index contributed by atoms with van der Waals surface area (Å²) in [6.45, 7) is 6.81. The molecule has 3 nitrogen and oxygen atoms in total. The number of benzene rings is 2. The molecule has 23 heavy (non-hydrogen) atoms. The second-order valence-electron chi connectivity index (χ2n) is 5.60. The van der Waals surface area contributed by atoms with Gasteiger partial charge in [-0.05, 0) is 36.6 Å². The number of carbonyl (C=O) groups excluding carboxylic acids is 1. The van der Waals surface area contributed by atoms with Gasteiger partial charge in [-0.25, -0.2) is 4.79 Å². The summed E-state index contributed by atoms with van der Waals surface area (Å²) in [7, 11) is 0. The number of fused-ring (bicyclic) bond motifs is 3. The minimum Gasteiger partial charge on any atom is -0.462 e. The second-order valence-corrected chi connectivity index (χ2v) is 5.60. The molecule has 0 spiro atoms. The van der Waals surface area contributed by atoms with Gasteiger partial charge in [0.15, 0.2) is 0 Å². The summed E-state index contributed by atoms with van der Waals surface area (Å²) in [4.78, 5) is 11.1. The van der Waals surface area contributed by atoms with E-state index in [-0.39, 0.29) is 5.97 Å². The lowest BCUT2D eigenvalue weighted by atomic mass is 10.1. The molecular formula is C20H21NO2. The van der Waals surface area contributed by atoms with E-state index >= 15 is 0 Å². The molecule has 0 saturated carbocycles. The van der Waals surface area contributed by atoms with Crippen molar-refractivity contribution in [3.8, 4) is 0 Å². The highest BCUT2D eigenvalue weighted by Crippen LogP contribution is 2.30. The molecule has 0 radical (unpaired) electrons. The Morgan fingerprint density at radius 1 is 1.17 bits per heavy atom. The van der Waals surface area contributed by atoms with Crippen molar-refractivity contribution in [2.24, 2.45) is 0 Å². The van der Waals surface area contributed by atoms with E-state index in [1.54, 1.807) is 0 Å². The summed E-state index contributed by atoms with van der Waals surface area (Å²) in [5.41, 5.74) is 3.81. The van der Waals surface area contributed by atoms with Crippen LogP contribution in [0.2, 0.25) is 0 Å². The van der Waals surface area contributed by atoms with Gasteiger partial charge in [-0.2, -0.15) is 0 Å². The Bertz CT molecular complexity index is 861. The number of hydrogen-bond donors (Lipinski definition) is 0. The molecule has 0 N–H and O–H groups in total. The Kier molecular flexibility index (Phi) is 4.47. The Morgan fingerprint density at radius 3 is 2.74 bits per heavy atom. The number of carbonyl (C=O) groups is 1. The van der Waals surface area contributed by atoms with Crippen molar-refractivity contribution >= 4 is 27.8 Å². The zero-order valence-corrected chi connectivity index (χ0v) is 13.4. The summed E-state index contributed by atoms with van der Waals surface area (Å²) in [6, 6.07) is 15.1. The summed E-state index contributed by atoms with van der Waals surface area (Å²) < 4.78 is 7.39. The number of aryl methyl sites for hydroxylation is 2. The number of ether oxygens (including phenoxy) is 1. The van der Waals surface area contributed by atoms with Crippen LogP contribution in [0, 0.1) is 0 Å². The maximum absolute atomic E-state index is 11.1. The molecule has 3 heteroatoms. The summed E-state index contributed by atoms with van der Waals surface area (Å²) in [6.07, 6.45) is 3.02. The highest BCUT2D eigenvalue weighted by atomic mass is 16.5. The minimum absolute atomic E-state index is 0.361. The molecule has 0 saturated heterocycles. The molecule has 0 fully saturated rings. The van der Waals surface area contributed by atoms with Crippen molar-refractivity contribution in [1.29, 1.82) is 0 Å². The molecule has 0 unspecified atom stereocenters. The first-order valence-electron chi connectivity index (χ1n) is 8.03. The fourth-order valence-corrected chi connectivity index (χ4v) is 3.02. The normalized spacial score (nSPS) is 11.0. The highest BCUT2D eigenvalue weighted by molar-refractivity contribution is 6.08. The van der Waals surface area contributed by atoms with Crippen LogP contribution in [-0.4, -0.2) is 17.1 Å². The van der Waals surface area contributed by atoms with Crippen molar-refractivity contribution in [3.05, 3.63) is 60.7 Å². The van der Waals surface area contributed by atoms with E-state index < -0.39 is 0 Å². The summed E-state index contributed by atoms with van der Waals surface area (Å²) in [5, 5.41) is 2.57. The fraction of sp³-hybridized carbons (Fsp3) is 0.250. The van der Waals surface area contributed by atoms with E-state index in [9.17, 15) is 4.79 Å². The van der Waals surface area contributed by atoms with E-state index in [1.165, 1.54) is 33.4 Å². The summed E-state index contributed by atoms with van der Waals surface area (Å²) in [5.74, 6) is -0.361. The number of hydrogen-bond acceptors (Lipinski definition) is 2. The molecule has 0 amide bonds. The molecule has 0 aliphatic carbocycles. The van der Waals surface area contributed by atoms with Crippen LogP contribution in [0.4, 0.5) is 0 Å². The highest BCUT2D eigenvalue weighted by Gasteiger charge is 2.10. The van der Waals surface area contributed by atoms with E-state index in [2.05, 4.69) is 60.5 Å². The van der Waals surface area contributed by atoms with Crippen LogP contribution >= 0.6 is 0 Å². The molecule has 3 rings (SSSR count). The molecule has 1 aromatic heterocycles. The molecular weight excluding hydrogens is 286 g/mol. The predicted molar refractivity (Wildman–Crippen MR) is 94.6 cm³/mol. The largest absolute Gasteiger partial charge is 0.462 e. The van der Waals surface area contributed by atoms with Crippen molar-refractivity contribution in [2.45, 2.75) is 26.3 Å². The minimum atomic E-state index is -0.361. The first-order chi connectivity index (χ1) is 11.2. The van der Waals surface area contributed by atoms with Crippen LogP contribution in [-0.2, 0) is 22.5 Å². The maximum atomic E-state index is 11.1. The fourth-order valence-electron chi connectivity index (χ4n) is 3.02. The lowest BCUT2D eigenvalue weighted by Gasteiger charge is -2.08. The zero-order valence-electron chi connectivity index (χ0n) is 13.4. The SMILES string of the molecule is C=CC(=O)OCCCn1c2ccccc2c2cc(CC)ccc21. The van der Waals surface area contributed by atoms with Crippen LogP contribution in [0.25, 0.3) is 21.8 Å². The Hall–Kier alpha value is -2.55. The average molecular weight is 307 g/mol. The lowest BCUT2D eigenvalue weighted by Crippen LogP contribution is -2.06. The standard InChI is InChI=1S/C20H21NO2/c1-3-15-10-11-19-17(14-15)16-8-5-6-9-18(16)21(19)12-7-13-23-20(22)4-2/h4-6,8-11,14H,2-3,7,12-13H2,1H3. The monoisotopic (exact) mass is 307 g/mol. The number of rotatable bonds is 6. The number of aromatic nitrogens is 1. The van der Waals surface area contributed by atoms with Crippen LogP contribution in [0.3, 0.4) is 0 Å². The van der Waals surface area contributed by atoms with Crippen LogP contribution < -0.4 is 0 Å². The number of esters is 1. The third kappa shape index (κ3) is 3.00. The van der Waals surface area contributed by atoms with Crippen LogP contribution in [0.15, 0.2) is 55.1 Å². The topological polar surface area (TPSA) is 31.2 Å². The van der Waals surface area contributed by atoms with E-state index in [0.29, 0.717) is 6.61 Å². The van der Waals surface area contributed by atoms with Crippen molar-refractivity contribution in [3.63, 3.8) is 0 Å². The smallest absolute Gasteiger partial charge is 0.330 e. The van der Waals surface area contributed by atoms with Gasteiger partial charge in [0.05, 0.1) is 6.61 Å². The summed E-state index contributed by atoms with van der Waals surface area (Å²) >= 11 is 0. The molecule has 2 aromatic carbocycles. The van der Waals surface area contributed by atoms with E-state index in [1.807, 2.05) is 0 Å². The van der Waals surface area contributed by atoms with Crippen LogP contribution in [0.1, 0.15) is 18.9 Å². The Labute approximate surface area is 136 Å². The van der Waals surface area contributed by atoms with Gasteiger partial charge in [-0.3, -0.25) is 0 Å². The van der Waals surface area contributed by atoms with Gasteiger partial charge in [-0.15, -0.1) is 0 Å². The Balaban J connectivity index is 1.94. The maximum Gasteiger partial charge on any atom is 0.330 e. The molecule has 118 valence electrons. The predicted octanol–water partition coefficient (Wildman–Crippen LogP) is 4.48. The van der Waals surface area contributed by atoms with Crippen LogP contribution in [0.5, 0.6) is 0 Å². The molecule has 0 atom stereocenters. The molecule has 0 bridgehead atoms. The van der Waals surface area contributed by atoms with Gasteiger partial charge in [0.2, 0.25) is 0 Å². The molecule has 0 aliphatic heterocycles. The van der Waals surface area contributed by atoms with E-state index in [0.717, 1.165) is 19.4 Å². The molecule has 0 aliphatic rings. The van der Waals surface area contributed by atoms with Gasteiger partial charge in [0.25, 0.3) is 0 Å². The quantitative estimate of drug-likeness (QED) is 0.382. The molecule has 3 aromatic rings. The van der Waals surface area contributed by atoms with Gasteiger partial charge < -0.3 is 9.30 Å². The van der Waals surface area contributed by atoms with Crippen molar-refractivity contribution in [2.75, 3.05) is 6.61 Å². The van der Waals surface area contributed by atoms with Crippen molar-refractivity contribution < 1.29 is 9.53 Å². The van der Waals surface area contributed by atoms with Gasteiger partial charge in [0, 0.05) is 34.4 Å². The third-order valence-electron chi connectivity index (χ3n) is 4.18.